The second-order valence-corrected chi connectivity index (χ2v) is 4.85. The largest absolute Gasteiger partial charge is 0.480 e. The molecule has 2 rings (SSSR count). The summed E-state index contributed by atoms with van der Waals surface area (Å²) in [4.78, 5) is 16.7. The minimum atomic E-state index is -0.803. The van der Waals surface area contributed by atoms with E-state index in [0.29, 0.717) is 6.04 Å². The topological polar surface area (TPSA) is 53.4 Å². The number of thiazole rings is 1. The number of nitrogens with zero attached hydrogens (tertiary/aromatic N) is 2. The molecule has 1 saturated carbocycles. The van der Waals surface area contributed by atoms with Crippen LogP contribution in [0.4, 0.5) is 5.13 Å². The van der Waals surface area contributed by atoms with E-state index in [2.05, 4.69) is 20.9 Å². The van der Waals surface area contributed by atoms with Gasteiger partial charge in [0.05, 0.1) is 0 Å². The molecule has 1 aromatic heterocycles. The summed E-state index contributed by atoms with van der Waals surface area (Å²) in [6.45, 7) is 0.0462. The van der Waals surface area contributed by atoms with Crippen LogP contribution in [-0.4, -0.2) is 28.6 Å². The highest BCUT2D eigenvalue weighted by Crippen LogP contribution is 2.33. The maximum atomic E-state index is 10.6. The van der Waals surface area contributed by atoms with E-state index >= 15 is 0 Å². The molecule has 1 aromatic rings. The van der Waals surface area contributed by atoms with Gasteiger partial charge in [-0.3, -0.25) is 4.79 Å². The van der Waals surface area contributed by atoms with Crippen LogP contribution in [0.5, 0.6) is 0 Å². The van der Waals surface area contributed by atoms with Crippen molar-refractivity contribution >= 4 is 38.4 Å². The first kappa shape index (κ1) is 9.92. The number of aliphatic carboxylic acids is 1. The lowest BCUT2D eigenvalue weighted by atomic mass is 10.5. The number of carboxylic acid groups (broad SMARTS) is 1. The molecule has 76 valence electrons. The van der Waals surface area contributed by atoms with E-state index in [1.165, 1.54) is 11.3 Å². The summed E-state index contributed by atoms with van der Waals surface area (Å²) < 4.78 is 0.772. The highest BCUT2D eigenvalue weighted by molar-refractivity contribution is 9.10. The van der Waals surface area contributed by atoms with Gasteiger partial charge in [-0.15, -0.1) is 11.3 Å². The van der Waals surface area contributed by atoms with Crippen molar-refractivity contribution in [3.63, 3.8) is 0 Å². The van der Waals surface area contributed by atoms with Gasteiger partial charge >= 0.3 is 5.97 Å². The van der Waals surface area contributed by atoms with E-state index in [4.69, 9.17) is 5.11 Å². The molecule has 1 N–H and O–H groups in total. The number of carboxylic acids is 1. The maximum Gasteiger partial charge on any atom is 0.323 e. The Balaban J connectivity index is 2.13. The van der Waals surface area contributed by atoms with Crippen molar-refractivity contribution in [2.24, 2.45) is 0 Å². The van der Waals surface area contributed by atoms with E-state index < -0.39 is 5.97 Å². The van der Waals surface area contributed by atoms with Crippen LogP contribution in [0.3, 0.4) is 0 Å². The lowest BCUT2D eigenvalue weighted by Crippen LogP contribution is -2.31. The molecule has 0 aromatic carbocycles. The Morgan fingerprint density at radius 1 is 1.79 bits per heavy atom. The van der Waals surface area contributed by atoms with Crippen LogP contribution < -0.4 is 4.90 Å². The molecule has 0 unspecified atom stereocenters. The number of aromatic nitrogens is 1. The number of hydrogen-bond donors (Lipinski definition) is 1. The smallest absolute Gasteiger partial charge is 0.323 e. The molecule has 0 bridgehead atoms. The molecule has 1 heterocycles. The summed E-state index contributed by atoms with van der Waals surface area (Å²) in [6, 6.07) is 0.379. The van der Waals surface area contributed by atoms with Crippen molar-refractivity contribution in [3.8, 4) is 0 Å². The first-order valence-electron chi connectivity index (χ1n) is 4.26. The van der Waals surface area contributed by atoms with Gasteiger partial charge in [-0.1, -0.05) is 0 Å². The maximum absolute atomic E-state index is 10.6. The Morgan fingerprint density at radius 3 is 2.93 bits per heavy atom. The van der Waals surface area contributed by atoms with Gasteiger partial charge in [0, 0.05) is 11.4 Å². The van der Waals surface area contributed by atoms with Gasteiger partial charge in [-0.2, -0.15) is 0 Å². The monoisotopic (exact) mass is 276 g/mol. The van der Waals surface area contributed by atoms with Crippen molar-refractivity contribution in [3.05, 3.63) is 9.98 Å². The fraction of sp³-hybridized carbons (Fsp3) is 0.500. The molecule has 0 saturated heterocycles. The van der Waals surface area contributed by atoms with Crippen molar-refractivity contribution in [2.45, 2.75) is 18.9 Å². The van der Waals surface area contributed by atoms with E-state index in [-0.39, 0.29) is 6.54 Å². The zero-order chi connectivity index (χ0) is 10.1. The first-order valence-corrected chi connectivity index (χ1v) is 5.93. The molecule has 0 amide bonds. The lowest BCUT2D eigenvalue weighted by Gasteiger charge is -2.18. The predicted molar refractivity (Wildman–Crippen MR) is 57.8 cm³/mol. The molecule has 1 aliphatic carbocycles. The molecule has 6 heteroatoms. The van der Waals surface area contributed by atoms with Crippen molar-refractivity contribution in [2.75, 3.05) is 11.4 Å². The quantitative estimate of drug-likeness (QED) is 0.914. The molecule has 14 heavy (non-hydrogen) atoms. The number of anilines is 1. The number of hydrogen-bond acceptors (Lipinski definition) is 4. The van der Waals surface area contributed by atoms with Crippen LogP contribution in [0.1, 0.15) is 12.8 Å². The van der Waals surface area contributed by atoms with Crippen LogP contribution in [0.25, 0.3) is 0 Å². The Morgan fingerprint density at radius 2 is 2.50 bits per heavy atom. The van der Waals surface area contributed by atoms with Gasteiger partial charge < -0.3 is 10.0 Å². The summed E-state index contributed by atoms with van der Waals surface area (Å²) in [5.74, 6) is -0.803. The first-order chi connectivity index (χ1) is 6.66. The molecule has 0 atom stereocenters. The number of carbonyl (C=O) groups is 1. The third kappa shape index (κ3) is 2.24. The Bertz CT molecular complexity index is 351. The van der Waals surface area contributed by atoms with Gasteiger partial charge in [-0.05, 0) is 28.8 Å². The number of rotatable bonds is 4. The van der Waals surface area contributed by atoms with Crippen LogP contribution in [0.2, 0.25) is 0 Å². The molecular weight excluding hydrogens is 268 g/mol. The van der Waals surface area contributed by atoms with E-state index in [0.717, 1.165) is 22.6 Å². The van der Waals surface area contributed by atoms with Crippen molar-refractivity contribution in [1.29, 1.82) is 0 Å². The molecule has 4 nitrogen and oxygen atoms in total. The second-order valence-electron chi connectivity index (χ2n) is 3.21. The van der Waals surface area contributed by atoms with Gasteiger partial charge in [0.25, 0.3) is 0 Å². The van der Waals surface area contributed by atoms with Gasteiger partial charge in [0.2, 0.25) is 0 Å². The summed E-state index contributed by atoms with van der Waals surface area (Å²) in [7, 11) is 0. The highest BCUT2D eigenvalue weighted by atomic mass is 79.9. The van der Waals surface area contributed by atoms with Crippen molar-refractivity contribution in [1.82, 2.24) is 4.98 Å². The van der Waals surface area contributed by atoms with Crippen LogP contribution >= 0.6 is 27.3 Å². The summed E-state index contributed by atoms with van der Waals surface area (Å²) in [5.41, 5.74) is 0. The molecule has 1 aliphatic rings. The molecular formula is C8H9BrN2O2S. The fourth-order valence-electron chi connectivity index (χ4n) is 1.26. The second kappa shape index (κ2) is 3.86. The van der Waals surface area contributed by atoms with E-state index in [1.807, 2.05) is 10.3 Å². The Kier molecular flexibility index (Phi) is 2.73. The average Bonchev–Trinajstić information content (AvgIpc) is 2.85. The predicted octanol–water partition coefficient (Wildman–Crippen LogP) is 1.96. The SMILES string of the molecule is O=C(O)CN(c1nc(Br)cs1)C1CC1. The average molecular weight is 277 g/mol. The van der Waals surface area contributed by atoms with Crippen LogP contribution in [0, 0.1) is 0 Å². The Labute approximate surface area is 93.7 Å². The highest BCUT2D eigenvalue weighted by Gasteiger charge is 2.32. The van der Waals surface area contributed by atoms with Gasteiger partial charge in [0.1, 0.15) is 11.1 Å². The minimum Gasteiger partial charge on any atom is -0.480 e. The zero-order valence-electron chi connectivity index (χ0n) is 7.31. The Hall–Kier alpha value is -0.620. The third-order valence-corrected chi connectivity index (χ3v) is 3.59. The van der Waals surface area contributed by atoms with Crippen LogP contribution in [0.15, 0.2) is 9.98 Å². The van der Waals surface area contributed by atoms with Crippen molar-refractivity contribution < 1.29 is 9.90 Å². The van der Waals surface area contributed by atoms with Gasteiger partial charge in [-0.25, -0.2) is 4.98 Å². The zero-order valence-corrected chi connectivity index (χ0v) is 9.71. The molecule has 0 aliphatic heterocycles. The molecule has 1 fully saturated rings. The summed E-state index contributed by atoms with van der Waals surface area (Å²) in [5, 5.41) is 11.4. The summed E-state index contributed by atoms with van der Waals surface area (Å²) in [6.07, 6.45) is 2.15. The molecule has 0 spiro atoms. The fourth-order valence-corrected chi connectivity index (χ4v) is 2.58. The van der Waals surface area contributed by atoms with Crippen LogP contribution in [-0.2, 0) is 4.79 Å². The minimum absolute atomic E-state index is 0.0462. The molecule has 0 radical (unpaired) electrons. The third-order valence-electron chi connectivity index (χ3n) is 2.00. The van der Waals surface area contributed by atoms with E-state index in [1.54, 1.807) is 0 Å². The summed E-state index contributed by atoms with van der Waals surface area (Å²) >= 11 is 4.73. The lowest BCUT2D eigenvalue weighted by molar-refractivity contribution is -0.135. The number of halogens is 1. The standard InChI is InChI=1S/C8H9BrN2O2S/c9-6-4-14-8(10-6)11(3-7(12)13)5-1-2-5/h4-5H,1-3H2,(H,12,13). The van der Waals surface area contributed by atoms with E-state index in [9.17, 15) is 4.79 Å². The van der Waals surface area contributed by atoms with Gasteiger partial charge in [0.15, 0.2) is 5.13 Å². The normalized spacial score (nSPS) is 15.5.